The minimum atomic E-state index is 0.196. The van der Waals surface area contributed by atoms with Crippen molar-refractivity contribution in [2.45, 2.75) is 6.92 Å². The molecular formula is C6H10Cl2O2. The van der Waals surface area contributed by atoms with Crippen molar-refractivity contribution in [1.82, 2.24) is 0 Å². The van der Waals surface area contributed by atoms with E-state index in [9.17, 15) is 0 Å². The van der Waals surface area contributed by atoms with Crippen LogP contribution in [0, 0.1) is 0 Å². The molecule has 0 fully saturated rings. The molecule has 0 saturated heterocycles. The zero-order valence-electron chi connectivity index (χ0n) is 5.77. The summed E-state index contributed by atoms with van der Waals surface area (Å²) in [4.78, 5) is 0. The molecule has 4 heteroatoms. The van der Waals surface area contributed by atoms with Crippen LogP contribution in [0.3, 0.4) is 0 Å². The van der Waals surface area contributed by atoms with E-state index >= 15 is 0 Å². The van der Waals surface area contributed by atoms with E-state index in [2.05, 4.69) is 0 Å². The van der Waals surface area contributed by atoms with Crippen molar-refractivity contribution in [1.29, 1.82) is 0 Å². The molecule has 0 amide bonds. The Bertz CT molecular complexity index is 104. The van der Waals surface area contributed by atoms with Gasteiger partial charge in [-0.05, 0) is 18.5 Å². The summed E-state index contributed by atoms with van der Waals surface area (Å²) in [5.74, 6) is 0. The van der Waals surface area contributed by atoms with Crippen molar-refractivity contribution < 1.29 is 9.47 Å². The zero-order chi connectivity index (χ0) is 7.82. The molecule has 0 radical (unpaired) electrons. The molecule has 0 spiro atoms. The van der Waals surface area contributed by atoms with Gasteiger partial charge < -0.3 is 9.47 Å². The van der Waals surface area contributed by atoms with E-state index in [1.807, 2.05) is 6.92 Å². The highest BCUT2D eigenvalue weighted by Crippen LogP contribution is 2.03. The van der Waals surface area contributed by atoms with Crippen molar-refractivity contribution in [2.75, 3.05) is 19.8 Å². The summed E-state index contributed by atoms with van der Waals surface area (Å²) < 4.78 is 9.84. The van der Waals surface area contributed by atoms with Gasteiger partial charge in [-0.1, -0.05) is 11.6 Å². The van der Waals surface area contributed by atoms with Gasteiger partial charge in [-0.25, -0.2) is 0 Å². The summed E-state index contributed by atoms with van der Waals surface area (Å²) >= 11 is 10.6. The van der Waals surface area contributed by atoms with Crippen LogP contribution in [0.5, 0.6) is 0 Å². The van der Waals surface area contributed by atoms with Crippen molar-refractivity contribution in [3.63, 3.8) is 0 Å². The van der Waals surface area contributed by atoms with E-state index in [-0.39, 0.29) is 5.22 Å². The molecule has 0 aromatic carbocycles. The first kappa shape index (κ1) is 10.1. The fourth-order valence-corrected chi connectivity index (χ4v) is 0.514. The Morgan fingerprint density at radius 1 is 1.50 bits per heavy atom. The Labute approximate surface area is 70.7 Å². The number of hydrogen-bond donors (Lipinski definition) is 0. The van der Waals surface area contributed by atoms with Crippen LogP contribution in [0.4, 0.5) is 0 Å². The molecule has 0 aliphatic rings. The number of halogens is 2. The maximum Gasteiger partial charge on any atom is 0.198 e. The molecule has 0 heterocycles. The first-order valence-corrected chi connectivity index (χ1v) is 3.79. The van der Waals surface area contributed by atoms with E-state index in [1.165, 1.54) is 5.54 Å². The molecule has 0 N–H and O–H groups in total. The maximum absolute atomic E-state index is 5.40. The zero-order valence-corrected chi connectivity index (χ0v) is 7.28. The van der Waals surface area contributed by atoms with Gasteiger partial charge in [-0.3, -0.25) is 0 Å². The third kappa shape index (κ3) is 6.20. The lowest BCUT2D eigenvalue weighted by atomic mass is 10.7. The van der Waals surface area contributed by atoms with Crippen LogP contribution in [0.15, 0.2) is 10.8 Å². The lowest BCUT2D eigenvalue weighted by molar-refractivity contribution is 0.0899. The molecule has 0 saturated carbocycles. The Kier molecular flexibility index (Phi) is 7.25. The highest BCUT2D eigenvalue weighted by atomic mass is 35.5. The van der Waals surface area contributed by atoms with Crippen molar-refractivity contribution in [3.8, 4) is 0 Å². The van der Waals surface area contributed by atoms with E-state index in [1.54, 1.807) is 0 Å². The van der Waals surface area contributed by atoms with Gasteiger partial charge in [0.15, 0.2) is 5.22 Å². The topological polar surface area (TPSA) is 18.5 Å². The number of rotatable bonds is 5. The first-order chi connectivity index (χ1) is 4.81. The Morgan fingerprint density at radius 3 is 2.70 bits per heavy atom. The van der Waals surface area contributed by atoms with Gasteiger partial charge in [-0.2, -0.15) is 0 Å². The number of ether oxygens (including phenoxy) is 2. The summed E-state index contributed by atoms with van der Waals surface area (Å²) in [5.41, 5.74) is 1.17. The SMILES string of the molecule is CCOCCO/C(Cl)=C\Cl. The normalized spacial score (nSPS) is 11.7. The molecule has 0 bridgehead atoms. The van der Waals surface area contributed by atoms with Crippen molar-refractivity contribution in [2.24, 2.45) is 0 Å². The van der Waals surface area contributed by atoms with Crippen LogP contribution in [-0.4, -0.2) is 19.8 Å². The summed E-state index contributed by atoms with van der Waals surface area (Å²) in [5, 5.41) is 0.196. The molecule has 0 rings (SSSR count). The minimum Gasteiger partial charge on any atom is -0.480 e. The van der Waals surface area contributed by atoms with Gasteiger partial charge in [0.25, 0.3) is 0 Å². The lowest BCUT2D eigenvalue weighted by Crippen LogP contribution is -2.01. The monoisotopic (exact) mass is 184 g/mol. The average Bonchev–Trinajstić information content (AvgIpc) is 1.98. The Morgan fingerprint density at radius 2 is 2.20 bits per heavy atom. The second-order valence-electron chi connectivity index (χ2n) is 1.46. The van der Waals surface area contributed by atoms with Crippen LogP contribution in [0.1, 0.15) is 6.92 Å². The van der Waals surface area contributed by atoms with Gasteiger partial charge in [-0.15, -0.1) is 0 Å². The predicted octanol–water partition coefficient (Wildman–Crippen LogP) is 2.32. The van der Waals surface area contributed by atoms with Crippen LogP contribution in [0.2, 0.25) is 0 Å². The van der Waals surface area contributed by atoms with Gasteiger partial charge in [0.2, 0.25) is 0 Å². The third-order valence-electron chi connectivity index (χ3n) is 0.758. The summed E-state index contributed by atoms with van der Waals surface area (Å²) in [6, 6.07) is 0. The molecule has 0 aliphatic carbocycles. The molecule has 0 aliphatic heterocycles. The van der Waals surface area contributed by atoms with E-state index in [0.29, 0.717) is 19.8 Å². The van der Waals surface area contributed by atoms with E-state index in [0.717, 1.165) is 0 Å². The number of hydrogen-bond acceptors (Lipinski definition) is 2. The Balaban J connectivity index is 3.04. The van der Waals surface area contributed by atoms with Gasteiger partial charge >= 0.3 is 0 Å². The quantitative estimate of drug-likeness (QED) is 0.483. The van der Waals surface area contributed by atoms with Crippen LogP contribution in [-0.2, 0) is 9.47 Å². The largest absolute Gasteiger partial charge is 0.480 e. The third-order valence-corrected chi connectivity index (χ3v) is 1.29. The minimum absolute atomic E-state index is 0.196. The summed E-state index contributed by atoms with van der Waals surface area (Å²) in [7, 11) is 0. The lowest BCUT2D eigenvalue weighted by Gasteiger charge is -2.02. The molecule has 0 aromatic heterocycles. The predicted molar refractivity (Wildman–Crippen MR) is 42.2 cm³/mol. The first-order valence-electron chi connectivity index (χ1n) is 2.97. The van der Waals surface area contributed by atoms with E-state index < -0.39 is 0 Å². The molecule has 2 nitrogen and oxygen atoms in total. The fourth-order valence-electron chi connectivity index (χ4n) is 0.374. The molecule has 0 atom stereocenters. The van der Waals surface area contributed by atoms with E-state index in [4.69, 9.17) is 32.7 Å². The smallest absolute Gasteiger partial charge is 0.198 e. The standard InChI is InChI=1S/C6H10Cl2O2/c1-2-9-3-4-10-6(8)5-7/h5H,2-4H2,1H3/b6-5-. The maximum atomic E-state index is 5.40. The van der Waals surface area contributed by atoms with Crippen LogP contribution >= 0.6 is 23.2 Å². The fraction of sp³-hybridized carbons (Fsp3) is 0.667. The van der Waals surface area contributed by atoms with Crippen LogP contribution in [0.25, 0.3) is 0 Å². The molecule has 0 aromatic rings. The van der Waals surface area contributed by atoms with Gasteiger partial charge in [0.1, 0.15) is 6.61 Å². The van der Waals surface area contributed by atoms with Gasteiger partial charge in [0.05, 0.1) is 12.1 Å². The second kappa shape index (κ2) is 7.19. The summed E-state index contributed by atoms with van der Waals surface area (Å²) in [6.07, 6.45) is 0. The highest BCUT2D eigenvalue weighted by Gasteiger charge is 1.89. The Hall–Kier alpha value is 0.0800. The second-order valence-corrected chi connectivity index (χ2v) is 2.05. The molecule has 60 valence electrons. The van der Waals surface area contributed by atoms with Gasteiger partial charge in [0, 0.05) is 6.61 Å². The van der Waals surface area contributed by atoms with Crippen molar-refractivity contribution in [3.05, 3.63) is 10.8 Å². The average molecular weight is 185 g/mol. The highest BCUT2D eigenvalue weighted by molar-refractivity contribution is 6.35. The molecule has 0 unspecified atom stereocenters. The van der Waals surface area contributed by atoms with Crippen molar-refractivity contribution >= 4 is 23.2 Å². The molecular weight excluding hydrogens is 175 g/mol. The summed E-state index contributed by atoms with van der Waals surface area (Å²) in [6.45, 7) is 3.58. The van der Waals surface area contributed by atoms with Crippen LogP contribution < -0.4 is 0 Å². The molecule has 10 heavy (non-hydrogen) atoms.